The number of rotatable bonds is 4. The zero-order chi connectivity index (χ0) is 17.8. The Morgan fingerprint density at radius 2 is 1.88 bits per heavy atom. The number of piperazine rings is 1. The molecule has 1 heterocycles. The van der Waals surface area contributed by atoms with Gasteiger partial charge in [-0.2, -0.15) is 0 Å². The van der Waals surface area contributed by atoms with Crippen LogP contribution in [0.5, 0.6) is 0 Å². The summed E-state index contributed by atoms with van der Waals surface area (Å²) >= 11 is 5.95. The number of carbonyl (C=O) groups excluding carboxylic acids is 1. The molecule has 1 saturated heterocycles. The number of benzene rings is 2. The van der Waals surface area contributed by atoms with Crippen LogP contribution in [0.3, 0.4) is 0 Å². The molecule has 25 heavy (non-hydrogen) atoms. The van der Waals surface area contributed by atoms with E-state index in [1.807, 2.05) is 11.0 Å². The van der Waals surface area contributed by atoms with Crippen molar-refractivity contribution in [2.24, 2.45) is 0 Å². The van der Waals surface area contributed by atoms with Gasteiger partial charge in [-0.3, -0.25) is 14.9 Å². The molecule has 0 spiro atoms. The average molecular weight is 361 g/mol. The van der Waals surface area contributed by atoms with Gasteiger partial charge in [-0.1, -0.05) is 29.8 Å². The molecular weight excluding hydrogens is 342 g/mol. The highest BCUT2D eigenvalue weighted by atomic mass is 35.5. The van der Waals surface area contributed by atoms with Crippen LogP contribution in [-0.4, -0.2) is 41.9 Å². The first-order chi connectivity index (χ1) is 12.0. The summed E-state index contributed by atoms with van der Waals surface area (Å²) in [5.74, 6) is -0.00287. The van der Waals surface area contributed by atoms with Gasteiger partial charge in [0.25, 0.3) is 11.6 Å². The Kier molecular flexibility index (Phi) is 5.31. The lowest BCUT2D eigenvalue weighted by Crippen LogP contribution is -3.13. The standard InChI is InChI=1S/C18H18ClN3O3/c19-16-5-2-4-15(12-16)18(23)21-9-7-20(8-10-21)13-14-3-1-6-17(11-14)22(24)25/h1-6,11-12H,7-10,13H2/p+1. The summed E-state index contributed by atoms with van der Waals surface area (Å²) in [5, 5.41) is 11.4. The Morgan fingerprint density at radius 3 is 2.56 bits per heavy atom. The van der Waals surface area contributed by atoms with Gasteiger partial charge >= 0.3 is 0 Å². The molecule has 7 heteroatoms. The normalized spacial score (nSPS) is 15.2. The summed E-state index contributed by atoms with van der Waals surface area (Å²) in [4.78, 5) is 26.2. The molecule has 1 aliphatic heterocycles. The highest BCUT2D eigenvalue weighted by molar-refractivity contribution is 6.30. The largest absolute Gasteiger partial charge is 0.328 e. The van der Waals surface area contributed by atoms with E-state index in [4.69, 9.17) is 11.6 Å². The van der Waals surface area contributed by atoms with Gasteiger partial charge in [0.05, 0.1) is 31.1 Å². The van der Waals surface area contributed by atoms with E-state index in [0.29, 0.717) is 23.7 Å². The molecule has 0 radical (unpaired) electrons. The Balaban J connectivity index is 1.58. The minimum atomic E-state index is -0.375. The van der Waals surface area contributed by atoms with Crippen LogP contribution in [-0.2, 0) is 6.54 Å². The minimum Gasteiger partial charge on any atom is -0.328 e. The van der Waals surface area contributed by atoms with Gasteiger partial charge < -0.3 is 9.80 Å². The number of carbonyl (C=O) groups is 1. The number of hydrogen-bond acceptors (Lipinski definition) is 3. The third kappa shape index (κ3) is 4.35. The van der Waals surface area contributed by atoms with Crippen molar-refractivity contribution in [3.05, 3.63) is 74.8 Å². The summed E-state index contributed by atoms with van der Waals surface area (Å²) < 4.78 is 0. The van der Waals surface area contributed by atoms with Crippen molar-refractivity contribution in [2.75, 3.05) is 26.2 Å². The first-order valence-corrected chi connectivity index (χ1v) is 8.52. The molecule has 0 bridgehead atoms. The van der Waals surface area contributed by atoms with Crippen LogP contribution >= 0.6 is 11.6 Å². The number of nitro groups is 1. The third-order valence-electron chi connectivity index (χ3n) is 4.40. The van der Waals surface area contributed by atoms with E-state index in [2.05, 4.69) is 0 Å². The second-order valence-electron chi connectivity index (χ2n) is 6.16. The smallest absolute Gasteiger partial charge is 0.269 e. The summed E-state index contributed by atoms with van der Waals surface area (Å²) in [6, 6.07) is 13.7. The summed E-state index contributed by atoms with van der Waals surface area (Å²) in [7, 11) is 0. The number of nitro benzene ring substituents is 1. The van der Waals surface area contributed by atoms with Crippen molar-refractivity contribution in [3.8, 4) is 0 Å². The number of hydrogen-bond donors (Lipinski definition) is 1. The summed E-state index contributed by atoms with van der Waals surface area (Å²) in [6.45, 7) is 3.68. The quantitative estimate of drug-likeness (QED) is 0.667. The van der Waals surface area contributed by atoms with Crippen LogP contribution in [0.25, 0.3) is 0 Å². The lowest BCUT2D eigenvalue weighted by atomic mass is 10.1. The van der Waals surface area contributed by atoms with Crippen molar-refractivity contribution in [1.29, 1.82) is 0 Å². The zero-order valence-corrected chi connectivity index (χ0v) is 14.4. The van der Waals surface area contributed by atoms with Crippen LogP contribution in [0, 0.1) is 10.1 Å². The number of halogens is 1. The number of amides is 1. The van der Waals surface area contributed by atoms with Gasteiger partial charge in [0.2, 0.25) is 0 Å². The molecule has 1 fully saturated rings. The number of nitrogens with one attached hydrogen (secondary N) is 1. The molecular formula is C18H19ClN3O3+. The monoisotopic (exact) mass is 360 g/mol. The van der Waals surface area contributed by atoms with Gasteiger partial charge in [-0.15, -0.1) is 0 Å². The molecule has 1 aliphatic rings. The van der Waals surface area contributed by atoms with Crippen LogP contribution in [0.15, 0.2) is 48.5 Å². The highest BCUT2D eigenvalue weighted by Gasteiger charge is 2.25. The summed E-state index contributed by atoms with van der Waals surface area (Å²) in [6.07, 6.45) is 0. The lowest BCUT2D eigenvalue weighted by Gasteiger charge is -2.32. The van der Waals surface area contributed by atoms with E-state index >= 15 is 0 Å². The fourth-order valence-electron chi connectivity index (χ4n) is 3.08. The minimum absolute atomic E-state index is 0.00287. The predicted molar refractivity (Wildman–Crippen MR) is 94.9 cm³/mol. The fourth-order valence-corrected chi connectivity index (χ4v) is 3.27. The zero-order valence-electron chi connectivity index (χ0n) is 13.7. The molecule has 130 valence electrons. The molecule has 2 aromatic carbocycles. The Hall–Kier alpha value is -2.44. The Bertz CT molecular complexity index is 789. The number of non-ortho nitro benzene ring substituents is 1. The van der Waals surface area contributed by atoms with E-state index in [9.17, 15) is 14.9 Å². The van der Waals surface area contributed by atoms with Gasteiger partial charge in [0, 0.05) is 28.3 Å². The topological polar surface area (TPSA) is 67.9 Å². The Morgan fingerprint density at radius 1 is 1.16 bits per heavy atom. The molecule has 0 aliphatic carbocycles. The summed E-state index contributed by atoms with van der Waals surface area (Å²) in [5.41, 5.74) is 1.67. The lowest BCUT2D eigenvalue weighted by molar-refractivity contribution is -0.917. The first-order valence-electron chi connectivity index (χ1n) is 8.14. The number of quaternary nitrogens is 1. The molecule has 0 unspecified atom stereocenters. The van der Waals surface area contributed by atoms with E-state index in [1.165, 1.54) is 11.0 Å². The molecule has 1 N–H and O–H groups in total. The number of nitrogens with zero attached hydrogens (tertiary/aromatic N) is 2. The van der Waals surface area contributed by atoms with Crippen molar-refractivity contribution in [3.63, 3.8) is 0 Å². The van der Waals surface area contributed by atoms with Gasteiger partial charge in [0.1, 0.15) is 6.54 Å². The van der Waals surface area contributed by atoms with E-state index in [-0.39, 0.29) is 16.5 Å². The third-order valence-corrected chi connectivity index (χ3v) is 4.64. The molecule has 0 aromatic heterocycles. The van der Waals surface area contributed by atoms with Crippen molar-refractivity contribution >= 4 is 23.2 Å². The SMILES string of the molecule is O=C(c1cccc(Cl)c1)N1CC[NH+](Cc2cccc([N+](=O)[O-])c2)CC1. The molecule has 3 rings (SSSR count). The molecule has 2 aromatic rings. The van der Waals surface area contributed by atoms with Crippen molar-refractivity contribution < 1.29 is 14.6 Å². The van der Waals surface area contributed by atoms with Crippen molar-refractivity contribution in [2.45, 2.75) is 6.54 Å². The fraction of sp³-hybridized carbons (Fsp3) is 0.278. The van der Waals surface area contributed by atoms with Crippen LogP contribution in [0.4, 0.5) is 5.69 Å². The van der Waals surface area contributed by atoms with E-state index in [0.717, 1.165) is 25.2 Å². The van der Waals surface area contributed by atoms with E-state index < -0.39 is 0 Å². The maximum absolute atomic E-state index is 12.5. The van der Waals surface area contributed by atoms with E-state index in [1.54, 1.807) is 36.4 Å². The molecule has 1 amide bonds. The van der Waals surface area contributed by atoms with Gasteiger partial charge in [-0.25, -0.2) is 0 Å². The predicted octanol–water partition coefficient (Wildman–Crippen LogP) is 1.79. The van der Waals surface area contributed by atoms with Gasteiger partial charge in [0.15, 0.2) is 0 Å². The average Bonchev–Trinajstić information content (AvgIpc) is 2.62. The molecule has 0 saturated carbocycles. The van der Waals surface area contributed by atoms with Crippen molar-refractivity contribution in [1.82, 2.24) is 4.90 Å². The molecule has 0 atom stereocenters. The second-order valence-corrected chi connectivity index (χ2v) is 6.59. The first kappa shape index (κ1) is 17.4. The highest BCUT2D eigenvalue weighted by Crippen LogP contribution is 2.14. The van der Waals surface area contributed by atoms with Crippen LogP contribution in [0.2, 0.25) is 5.02 Å². The maximum atomic E-state index is 12.5. The molecule has 6 nitrogen and oxygen atoms in total. The van der Waals surface area contributed by atoms with Crippen LogP contribution in [0.1, 0.15) is 15.9 Å². The van der Waals surface area contributed by atoms with Gasteiger partial charge in [-0.05, 0) is 18.2 Å². The Labute approximate surface area is 150 Å². The maximum Gasteiger partial charge on any atom is 0.269 e. The second kappa shape index (κ2) is 7.63. The van der Waals surface area contributed by atoms with Crippen LogP contribution < -0.4 is 4.90 Å².